The Kier molecular flexibility index (Phi) is 2.30. The van der Waals surface area contributed by atoms with Crippen molar-refractivity contribution in [2.24, 2.45) is 5.73 Å². The van der Waals surface area contributed by atoms with Crippen molar-refractivity contribution in [3.05, 3.63) is 17.0 Å². The number of hydrogen-bond donors (Lipinski definition) is 1. The van der Waals surface area contributed by atoms with Crippen LogP contribution in [0.4, 0.5) is 0 Å². The molecule has 1 unspecified atom stereocenters. The maximum Gasteiger partial charge on any atom is 0.153 e. The summed E-state index contributed by atoms with van der Waals surface area (Å²) < 4.78 is 4.95. The lowest BCUT2D eigenvalue weighted by molar-refractivity contribution is 0.398. The summed E-state index contributed by atoms with van der Waals surface area (Å²) >= 11 is 1.47. The fourth-order valence-corrected chi connectivity index (χ4v) is 1.89. The summed E-state index contributed by atoms with van der Waals surface area (Å²) in [6.45, 7) is 3.72. The van der Waals surface area contributed by atoms with E-state index in [0.29, 0.717) is 0 Å². The largest absolute Gasteiger partial charge is 0.361 e. The van der Waals surface area contributed by atoms with Crippen LogP contribution in [0, 0.1) is 6.92 Å². The maximum atomic E-state index is 5.69. The number of aromatic nitrogens is 3. The molecular weight excluding hydrogens is 200 g/mol. The fraction of sp³-hybridized carbons (Fsp3) is 0.375. The highest BCUT2D eigenvalue weighted by Crippen LogP contribution is 2.27. The van der Waals surface area contributed by atoms with E-state index in [9.17, 15) is 0 Å². The van der Waals surface area contributed by atoms with Gasteiger partial charge < -0.3 is 10.3 Å². The predicted molar refractivity (Wildman–Crippen MR) is 52.7 cm³/mol. The van der Waals surface area contributed by atoms with Gasteiger partial charge in [-0.15, -0.1) is 10.2 Å². The van der Waals surface area contributed by atoms with Crippen LogP contribution in [0.1, 0.15) is 23.7 Å². The molecule has 0 spiro atoms. The van der Waals surface area contributed by atoms with E-state index >= 15 is 0 Å². The molecule has 0 aliphatic carbocycles. The van der Waals surface area contributed by atoms with Gasteiger partial charge in [0, 0.05) is 0 Å². The van der Waals surface area contributed by atoms with Gasteiger partial charge in [0.05, 0.1) is 17.8 Å². The summed E-state index contributed by atoms with van der Waals surface area (Å²) in [5.74, 6) is 0.748. The van der Waals surface area contributed by atoms with Crippen LogP contribution in [0.5, 0.6) is 0 Å². The molecule has 2 rings (SSSR count). The lowest BCUT2D eigenvalue weighted by atomic mass is 10.3. The zero-order valence-corrected chi connectivity index (χ0v) is 8.71. The molecule has 0 aliphatic rings. The predicted octanol–water partition coefficient (Wildman–Crippen LogP) is 1.52. The van der Waals surface area contributed by atoms with Gasteiger partial charge in [0.2, 0.25) is 0 Å². The van der Waals surface area contributed by atoms with E-state index < -0.39 is 0 Å². The van der Waals surface area contributed by atoms with Crippen LogP contribution < -0.4 is 5.73 Å². The third-order valence-electron chi connectivity index (χ3n) is 1.81. The molecule has 0 saturated heterocycles. The minimum atomic E-state index is -0.0820. The molecule has 0 aromatic carbocycles. The zero-order valence-electron chi connectivity index (χ0n) is 7.89. The smallest absolute Gasteiger partial charge is 0.153 e. The van der Waals surface area contributed by atoms with Gasteiger partial charge in [-0.3, -0.25) is 0 Å². The molecule has 2 aromatic rings. The van der Waals surface area contributed by atoms with Crippen molar-refractivity contribution in [1.29, 1.82) is 0 Å². The van der Waals surface area contributed by atoms with E-state index in [2.05, 4.69) is 15.4 Å². The van der Waals surface area contributed by atoms with Crippen molar-refractivity contribution >= 4 is 11.3 Å². The van der Waals surface area contributed by atoms with Crippen molar-refractivity contribution in [3.8, 4) is 10.6 Å². The molecule has 0 fully saturated rings. The Morgan fingerprint density at radius 3 is 2.79 bits per heavy atom. The standard InChI is InChI=1S/C8H10N4OS/c1-4(9)7-11-12-8(14-7)6-3-10-13-5(6)2/h3-4H,9H2,1-2H3. The molecule has 0 bridgehead atoms. The number of nitrogens with two attached hydrogens (primary N) is 1. The Labute approximate surface area is 84.9 Å². The van der Waals surface area contributed by atoms with Crippen molar-refractivity contribution in [2.45, 2.75) is 19.9 Å². The summed E-state index contributed by atoms with van der Waals surface area (Å²) in [7, 11) is 0. The molecule has 0 amide bonds. The van der Waals surface area contributed by atoms with Crippen LogP contribution in [0.15, 0.2) is 10.7 Å². The van der Waals surface area contributed by atoms with E-state index in [1.165, 1.54) is 11.3 Å². The van der Waals surface area contributed by atoms with Crippen LogP contribution in [0.3, 0.4) is 0 Å². The first-order chi connectivity index (χ1) is 6.68. The van der Waals surface area contributed by atoms with Crippen molar-refractivity contribution in [2.75, 3.05) is 0 Å². The van der Waals surface area contributed by atoms with Gasteiger partial charge in [0.1, 0.15) is 10.8 Å². The Bertz CT molecular complexity index is 434. The van der Waals surface area contributed by atoms with Crippen molar-refractivity contribution < 1.29 is 4.52 Å². The molecule has 2 aromatic heterocycles. The summed E-state index contributed by atoms with van der Waals surface area (Å²) in [5.41, 5.74) is 6.57. The lowest BCUT2D eigenvalue weighted by Gasteiger charge is -1.94. The molecule has 0 aliphatic heterocycles. The Morgan fingerprint density at radius 2 is 2.29 bits per heavy atom. The van der Waals surface area contributed by atoms with Crippen LogP contribution >= 0.6 is 11.3 Å². The highest BCUT2D eigenvalue weighted by atomic mass is 32.1. The average molecular weight is 210 g/mol. The van der Waals surface area contributed by atoms with E-state index in [1.807, 2.05) is 13.8 Å². The monoisotopic (exact) mass is 210 g/mol. The van der Waals surface area contributed by atoms with E-state index in [0.717, 1.165) is 21.3 Å². The quantitative estimate of drug-likeness (QED) is 0.813. The molecule has 74 valence electrons. The molecule has 1 atom stereocenters. The molecule has 14 heavy (non-hydrogen) atoms. The third-order valence-corrected chi connectivity index (χ3v) is 2.97. The topological polar surface area (TPSA) is 77.8 Å². The second-order valence-electron chi connectivity index (χ2n) is 3.03. The lowest BCUT2D eigenvalue weighted by Crippen LogP contribution is -2.03. The van der Waals surface area contributed by atoms with Gasteiger partial charge in [0.15, 0.2) is 5.01 Å². The molecule has 0 saturated carbocycles. The Balaban J connectivity index is 2.39. The normalized spacial score (nSPS) is 13.1. The highest BCUT2D eigenvalue weighted by Gasteiger charge is 2.13. The van der Waals surface area contributed by atoms with Crippen LogP contribution in [-0.4, -0.2) is 15.4 Å². The van der Waals surface area contributed by atoms with Gasteiger partial charge in [-0.05, 0) is 13.8 Å². The SMILES string of the molecule is Cc1oncc1-c1nnc(C(C)N)s1. The zero-order chi connectivity index (χ0) is 10.1. The van der Waals surface area contributed by atoms with Crippen molar-refractivity contribution in [3.63, 3.8) is 0 Å². The minimum absolute atomic E-state index is 0.0820. The molecule has 2 heterocycles. The van der Waals surface area contributed by atoms with E-state index in [1.54, 1.807) is 6.20 Å². The van der Waals surface area contributed by atoms with Crippen molar-refractivity contribution in [1.82, 2.24) is 15.4 Å². The summed E-state index contributed by atoms with van der Waals surface area (Å²) in [6.07, 6.45) is 1.64. The maximum absolute atomic E-state index is 5.69. The molecule has 0 radical (unpaired) electrons. The molecule has 6 heteroatoms. The summed E-state index contributed by atoms with van der Waals surface area (Å²) in [4.78, 5) is 0. The van der Waals surface area contributed by atoms with Gasteiger partial charge in [-0.25, -0.2) is 0 Å². The number of rotatable bonds is 2. The van der Waals surface area contributed by atoms with Crippen LogP contribution in [0.25, 0.3) is 10.6 Å². The van der Waals surface area contributed by atoms with Gasteiger partial charge in [-0.1, -0.05) is 16.5 Å². The van der Waals surface area contributed by atoms with Gasteiger partial charge in [0.25, 0.3) is 0 Å². The van der Waals surface area contributed by atoms with Gasteiger partial charge in [-0.2, -0.15) is 0 Å². The number of hydrogen-bond acceptors (Lipinski definition) is 6. The Morgan fingerprint density at radius 1 is 1.50 bits per heavy atom. The first-order valence-corrected chi connectivity index (χ1v) is 5.00. The second kappa shape index (κ2) is 3.47. The third kappa shape index (κ3) is 1.53. The summed E-state index contributed by atoms with van der Waals surface area (Å²) in [5, 5.41) is 13.3. The fourth-order valence-electron chi connectivity index (χ4n) is 1.03. The minimum Gasteiger partial charge on any atom is -0.361 e. The van der Waals surface area contributed by atoms with Crippen LogP contribution in [-0.2, 0) is 0 Å². The highest BCUT2D eigenvalue weighted by molar-refractivity contribution is 7.14. The second-order valence-corrected chi connectivity index (χ2v) is 4.04. The van der Waals surface area contributed by atoms with E-state index in [-0.39, 0.29) is 6.04 Å². The Hall–Kier alpha value is -1.27. The molecule has 2 N–H and O–H groups in total. The number of aryl methyl sites for hydroxylation is 1. The number of nitrogens with zero attached hydrogens (tertiary/aromatic N) is 3. The van der Waals surface area contributed by atoms with E-state index in [4.69, 9.17) is 10.3 Å². The summed E-state index contributed by atoms with van der Waals surface area (Å²) in [6, 6.07) is -0.0820. The molecular formula is C8H10N4OS. The molecule has 5 nitrogen and oxygen atoms in total. The first kappa shape index (κ1) is 9.29. The van der Waals surface area contributed by atoms with Crippen LogP contribution in [0.2, 0.25) is 0 Å². The first-order valence-electron chi connectivity index (χ1n) is 4.19. The average Bonchev–Trinajstić information content (AvgIpc) is 2.71. The van der Waals surface area contributed by atoms with Gasteiger partial charge >= 0.3 is 0 Å².